The van der Waals surface area contributed by atoms with E-state index in [9.17, 15) is 9.18 Å². The molecule has 0 atom stereocenters. The van der Waals surface area contributed by atoms with Crippen molar-refractivity contribution < 1.29 is 13.7 Å². The van der Waals surface area contributed by atoms with Crippen molar-refractivity contribution in [1.29, 1.82) is 0 Å². The first-order chi connectivity index (χ1) is 13.1. The molecule has 4 rings (SSSR count). The number of thioether (sulfide) groups is 1. The topological polar surface area (TPSA) is 59.2 Å². The monoisotopic (exact) mass is 401 g/mol. The van der Waals surface area contributed by atoms with Gasteiger partial charge in [-0.2, -0.15) is 4.98 Å². The lowest BCUT2D eigenvalue weighted by Gasteiger charge is -2.17. The minimum absolute atomic E-state index is 0.159. The van der Waals surface area contributed by atoms with Gasteiger partial charge in [0.25, 0.3) is 11.8 Å². The molecule has 0 aliphatic carbocycles. The summed E-state index contributed by atoms with van der Waals surface area (Å²) in [6.07, 6.45) is 1.63. The van der Waals surface area contributed by atoms with Crippen LogP contribution in [-0.2, 0) is 0 Å². The zero-order valence-electron chi connectivity index (χ0n) is 13.9. The van der Waals surface area contributed by atoms with E-state index in [0.717, 1.165) is 5.75 Å². The van der Waals surface area contributed by atoms with Crippen LogP contribution in [0.15, 0.2) is 58.1 Å². The normalized spacial score (nSPS) is 15.5. The number of amides is 1. The summed E-state index contributed by atoms with van der Waals surface area (Å²) in [5, 5.41) is 4.91. The van der Waals surface area contributed by atoms with Gasteiger partial charge in [0.05, 0.1) is 21.2 Å². The van der Waals surface area contributed by atoms with Crippen LogP contribution in [0.3, 0.4) is 0 Å². The van der Waals surface area contributed by atoms with Gasteiger partial charge in [0, 0.05) is 18.4 Å². The molecular weight excluding hydrogens is 389 g/mol. The maximum Gasteiger partial charge on any atom is 0.260 e. The Kier molecular flexibility index (Phi) is 4.96. The number of hydrogen-bond donors (Lipinski definition) is 0. The van der Waals surface area contributed by atoms with Crippen molar-refractivity contribution in [3.63, 3.8) is 0 Å². The second kappa shape index (κ2) is 7.54. The maximum absolute atomic E-state index is 13.9. The van der Waals surface area contributed by atoms with Crippen molar-refractivity contribution in [2.45, 2.75) is 0 Å². The highest BCUT2D eigenvalue weighted by Crippen LogP contribution is 2.32. The standard InChI is InChI=1S/C19H13ClFN3O2S/c20-14-7-3-1-5-12(14)19(25)24-9-10-27-17(24)11-16-22-18(23-26-16)13-6-2-4-8-15(13)21/h1-8,11H,9-10H2/b17-11+. The Hall–Kier alpha value is -2.64. The minimum Gasteiger partial charge on any atom is -0.334 e. The van der Waals surface area contributed by atoms with E-state index < -0.39 is 5.82 Å². The van der Waals surface area contributed by atoms with Crippen LogP contribution in [0.2, 0.25) is 5.02 Å². The minimum atomic E-state index is -0.428. The van der Waals surface area contributed by atoms with Gasteiger partial charge in [0.1, 0.15) is 5.82 Å². The van der Waals surface area contributed by atoms with E-state index in [-0.39, 0.29) is 23.2 Å². The number of aromatic nitrogens is 2. The molecule has 5 nitrogen and oxygen atoms in total. The van der Waals surface area contributed by atoms with Gasteiger partial charge in [-0.25, -0.2) is 4.39 Å². The van der Waals surface area contributed by atoms with Gasteiger partial charge in [-0.05, 0) is 24.3 Å². The number of hydrogen-bond acceptors (Lipinski definition) is 5. The van der Waals surface area contributed by atoms with Crippen LogP contribution in [-0.4, -0.2) is 33.2 Å². The molecule has 27 heavy (non-hydrogen) atoms. The fourth-order valence-corrected chi connectivity index (χ4v) is 3.90. The predicted molar refractivity (Wildman–Crippen MR) is 103 cm³/mol. The molecule has 2 heterocycles. The fourth-order valence-electron chi connectivity index (χ4n) is 2.68. The number of benzene rings is 2. The third kappa shape index (κ3) is 3.61. The molecule has 0 unspecified atom stereocenters. The van der Waals surface area contributed by atoms with Gasteiger partial charge in [0.2, 0.25) is 5.82 Å². The van der Waals surface area contributed by atoms with Crippen LogP contribution in [0, 0.1) is 5.82 Å². The molecule has 136 valence electrons. The number of rotatable bonds is 3. The molecule has 1 aromatic heterocycles. The van der Waals surface area contributed by atoms with Crippen LogP contribution in [0.5, 0.6) is 0 Å². The lowest BCUT2D eigenvalue weighted by molar-refractivity contribution is 0.0831. The molecule has 0 radical (unpaired) electrons. The first-order valence-electron chi connectivity index (χ1n) is 8.13. The average Bonchev–Trinajstić information content (AvgIpc) is 3.32. The van der Waals surface area contributed by atoms with Gasteiger partial charge in [0.15, 0.2) is 0 Å². The molecular formula is C19H13ClFN3O2S. The highest BCUT2D eigenvalue weighted by atomic mass is 35.5. The van der Waals surface area contributed by atoms with Crippen molar-refractivity contribution in [1.82, 2.24) is 15.0 Å². The molecule has 0 saturated carbocycles. The lowest BCUT2D eigenvalue weighted by atomic mass is 10.2. The van der Waals surface area contributed by atoms with Crippen LogP contribution in [0.4, 0.5) is 4.39 Å². The van der Waals surface area contributed by atoms with E-state index in [4.69, 9.17) is 16.1 Å². The molecule has 3 aromatic rings. The Balaban J connectivity index is 1.61. The van der Waals surface area contributed by atoms with E-state index in [1.165, 1.54) is 17.8 Å². The van der Waals surface area contributed by atoms with E-state index in [1.54, 1.807) is 53.4 Å². The maximum atomic E-state index is 13.9. The number of nitrogens with zero attached hydrogens (tertiary/aromatic N) is 3. The highest BCUT2D eigenvalue weighted by molar-refractivity contribution is 8.03. The summed E-state index contributed by atoms with van der Waals surface area (Å²) >= 11 is 7.64. The second-order valence-electron chi connectivity index (χ2n) is 5.70. The fraction of sp³-hybridized carbons (Fsp3) is 0.105. The summed E-state index contributed by atoms with van der Waals surface area (Å²) in [6, 6.07) is 13.1. The van der Waals surface area contributed by atoms with Crippen molar-refractivity contribution in [3.8, 4) is 11.4 Å². The third-order valence-electron chi connectivity index (χ3n) is 3.98. The Morgan fingerprint density at radius 1 is 1.22 bits per heavy atom. The van der Waals surface area contributed by atoms with E-state index in [1.807, 2.05) is 0 Å². The van der Waals surface area contributed by atoms with E-state index >= 15 is 0 Å². The molecule has 1 fully saturated rings. The van der Waals surface area contributed by atoms with Crippen molar-refractivity contribution in [2.75, 3.05) is 12.3 Å². The molecule has 2 aromatic carbocycles. The van der Waals surface area contributed by atoms with E-state index in [2.05, 4.69) is 10.1 Å². The molecule has 1 aliphatic rings. The van der Waals surface area contributed by atoms with E-state index in [0.29, 0.717) is 22.2 Å². The Morgan fingerprint density at radius 3 is 2.81 bits per heavy atom. The predicted octanol–water partition coefficient (Wildman–Crippen LogP) is 4.72. The Labute approximate surface area is 163 Å². The summed E-state index contributed by atoms with van der Waals surface area (Å²) < 4.78 is 19.1. The van der Waals surface area contributed by atoms with Crippen LogP contribution < -0.4 is 0 Å². The molecule has 0 bridgehead atoms. The first-order valence-corrected chi connectivity index (χ1v) is 9.49. The summed E-state index contributed by atoms with van der Waals surface area (Å²) in [6.45, 7) is 0.550. The Morgan fingerprint density at radius 2 is 2.00 bits per heavy atom. The van der Waals surface area contributed by atoms with Crippen LogP contribution in [0.25, 0.3) is 17.5 Å². The van der Waals surface area contributed by atoms with Gasteiger partial charge < -0.3 is 9.42 Å². The lowest BCUT2D eigenvalue weighted by Crippen LogP contribution is -2.26. The second-order valence-corrected chi connectivity index (χ2v) is 7.23. The number of carbonyl (C=O) groups is 1. The van der Waals surface area contributed by atoms with Gasteiger partial charge >= 0.3 is 0 Å². The van der Waals surface area contributed by atoms with Crippen LogP contribution in [0.1, 0.15) is 16.2 Å². The van der Waals surface area contributed by atoms with Crippen molar-refractivity contribution in [2.24, 2.45) is 0 Å². The summed E-state index contributed by atoms with van der Waals surface area (Å²) in [5.74, 6) is 0.492. The highest BCUT2D eigenvalue weighted by Gasteiger charge is 2.27. The first kappa shape index (κ1) is 17.8. The van der Waals surface area contributed by atoms with Gasteiger partial charge in [-0.3, -0.25) is 4.79 Å². The summed E-state index contributed by atoms with van der Waals surface area (Å²) in [5.41, 5.74) is 0.694. The molecule has 0 spiro atoms. The SMILES string of the molecule is O=C(c1ccccc1Cl)N1CCS/C1=C/c1nc(-c2ccccc2F)no1. The number of carbonyl (C=O) groups excluding carboxylic acids is 1. The largest absolute Gasteiger partial charge is 0.334 e. The van der Waals surface area contributed by atoms with Crippen molar-refractivity contribution in [3.05, 3.63) is 75.9 Å². The summed E-state index contributed by atoms with van der Waals surface area (Å²) in [7, 11) is 0. The molecule has 0 N–H and O–H groups in total. The van der Waals surface area contributed by atoms with Crippen molar-refractivity contribution >= 4 is 35.3 Å². The smallest absolute Gasteiger partial charge is 0.260 e. The van der Waals surface area contributed by atoms with Gasteiger partial charge in [-0.15, -0.1) is 11.8 Å². The molecule has 1 saturated heterocycles. The zero-order chi connectivity index (χ0) is 18.8. The van der Waals surface area contributed by atoms with Crippen LogP contribution >= 0.6 is 23.4 Å². The van der Waals surface area contributed by atoms with Gasteiger partial charge in [-0.1, -0.05) is 41.0 Å². The average molecular weight is 402 g/mol. The third-order valence-corrected chi connectivity index (χ3v) is 5.33. The molecule has 1 amide bonds. The Bertz CT molecular complexity index is 1040. The number of halogens is 2. The quantitative estimate of drug-likeness (QED) is 0.635. The summed E-state index contributed by atoms with van der Waals surface area (Å²) in [4.78, 5) is 18.7. The molecule has 8 heteroatoms. The zero-order valence-corrected chi connectivity index (χ0v) is 15.5. The molecule has 1 aliphatic heterocycles.